The molecule has 10 N–H and O–H groups in total. The Balaban J connectivity index is 0.738. The molecule has 3 aromatic heterocycles. The molecule has 0 bridgehead atoms. The number of hydrogen-bond donors (Lipinski definition) is 8. The number of fused-ring (bicyclic) bond motifs is 2. The van der Waals surface area contributed by atoms with Crippen molar-refractivity contribution < 1.29 is 71.6 Å². The van der Waals surface area contributed by atoms with Gasteiger partial charge in [-0.1, -0.05) is 49.7 Å². The Labute approximate surface area is 538 Å². The number of likely N-dealkylation sites (tertiary alicyclic amines) is 1. The van der Waals surface area contributed by atoms with Crippen LogP contribution in [-0.4, -0.2) is 195 Å². The number of carbonyl (C=O) groups is 7. The minimum atomic E-state index is -1.41. The van der Waals surface area contributed by atoms with Gasteiger partial charge < -0.3 is 75.4 Å². The van der Waals surface area contributed by atoms with Gasteiger partial charge in [-0.05, 0) is 95.8 Å². The molecule has 5 aromatic rings. The van der Waals surface area contributed by atoms with E-state index in [0.717, 1.165) is 62.3 Å². The standard InChI is InChI=1S/C61H88N16O16/c1-7-8-24-90-57-69-51(63)50-53(70-57)77(58(83)68-50)36-42-11-9-41(10-12-42)35-74-20-17-44(18-21-74)52-72-71-48-37-75(22-23-76(48)52)60(85)91-38-43-13-15-45(16-14-43)66-56(82)46(34-47(62)78)67-55(81)40(3)65-54(80)39(2)64-49(79)19-25-86-26-27-87-28-29-88-30-31-89-32-33-92-73-59(84)93-61(4,5)6/h9-16,39-40,44,46H,7-8,17-38H2,1-6H3,(H2,62,78)(H,64,79)(H,65,80)(H,66,82)(H,67,81)(H,68,83)(H,73,84)(H2,63,69,70)/t39-,40-,46-/m0/s1. The number of aromatic nitrogens is 7. The molecule has 0 unspecified atom stereocenters. The van der Waals surface area contributed by atoms with Gasteiger partial charge in [-0.3, -0.25) is 43.2 Å². The Morgan fingerprint density at radius 2 is 1.33 bits per heavy atom. The molecule has 2 aliphatic rings. The summed E-state index contributed by atoms with van der Waals surface area (Å²) in [5, 5.41) is 19.2. The molecular formula is C61H88N16O16. The molecular weight excluding hydrogens is 1210 g/mol. The third kappa shape index (κ3) is 23.4. The summed E-state index contributed by atoms with van der Waals surface area (Å²) in [5.41, 5.74) is 16.6. The molecule has 32 heteroatoms. The summed E-state index contributed by atoms with van der Waals surface area (Å²) in [4.78, 5) is 122. The van der Waals surface area contributed by atoms with E-state index in [1.54, 1.807) is 49.9 Å². The van der Waals surface area contributed by atoms with Gasteiger partial charge in [0.1, 0.15) is 41.7 Å². The quantitative estimate of drug-likeness (QED) is 0.0211. The largest absolute Gasteiger partial charge is 0.463 e. The monoisotopic (exact) mass is 1300 g/mol. The molecule has 2 aromatic carbocycles. The second-order valence-electron chi connectivity index (χ2n) is 23.4. The number of nitrogens with one attached hydrogen (secondary N) is 6. The zero-order valence-electron chi connectivity index (χ0n) is 53.7. The third-order valence-electron chi connectivity index (χ3n) is 14.7. The lowest BCUT2D eigenvalue weighted by Crippen LogP contribution is -2.55. The first kappa shape index (κ1) is 71.6. The number of nitrogens with two attached hydrogens (primary N) is 2. The predicted octanol–water partition coefficient (Wildman–Crippen LogP) is 2.27. The summed E-state index contributed by atoms with van der Waals surface area (Å²) in [6.45, 7) is 16.6. The van der Waals surface area contributed by atoms with E-state index < -0.39 is 71.9 Å². The number of anilines is 2. The first-order valence-electron chi connectivity index (χ1n) is 31.2. The fourth-order valence-corrected chi connectivity index (χ4v) is 9.80. The van der Waals surface area contributed by atoms with Crippen molar-refractivity contribution in [2.24, 2.45) is 5.73 Å². The molecule has 1 fully saturated rings. The van der Waals surface area contributed by atoms with E-state index in [1.165, 1.54) is 18.4 Å². The van der Waals surface area contributed by atoms with E-state index in [0.29, 0.717) is 80.9 Å². The first-order chi connectivity index (χ1) is 44.6. The number of unbranched alkanes of at least 4 members (excludes halogenated alkanes) is 1. The van der Waals surface area contributed by atoms with E-state index in [-0.39, 0.29) is 76.0 Å². The summed E-state index contributed by atoms with van der Waals surface area (Å²) < 4.78 is 41.7. The average Bonchev–Trinajstić information content (AvgIpc) is 1.67. The lowest BCUT2D eigenvalue weighted by Gasteiger charge is -2.33. The number of ether oxygens (including phenoxy) is 7. The number of nitrogen functional groups attached to an aromatic ring is 1. The van der Waals surface area contributed by atoms with E-state index in [2.05, 4.69) is 80.4 Å². The number of imidazole rings is 1. The molecule has 0 saturated carbocycles. The zero-order valence-corrected chi connectivity index (χ0v) is 53.7. The van der Waals surface area contributed by atoms with Gasteiger partial charge in [0.2, 0.25) is 29.5 Å². The van der Waals surface area contributed by atoms with Gasteiger partial charge in [-0.15, -0.1) is 10.2 Å². The van der Waals surface area contributed by atoms with Crippen LogP contribution in [0.2, 0.25) is 0 Å². The summed E-state index contributed by atoms with van der Waals surface area (Å²) in [7, 11) is 0. The summed E-state index contributed by atoms with van der Waals surface area (Å²) >= 11 is 0. The van der Waals surface area contributed by atoms with Crippen molar-refractivity contribution in [3.05, 3.63) is 87.4 Å². The number of rotatable bonds is 36. The van der Waals surface area contributed by atoms with Crippen molar-refractivity contribution in [2.75, 3.05) is 96.8 Å². The fourth-order valence-electron chi connectivity index (χ4n) is 9.80. The number of benzene rings is 2. The highest BCUT2D eigenvalue weighted by molar-refractivity contribution is 6.00. The Hall–Kier alpha value is -8.82. The van der Waals surface area contributed by atoms with Gasteiger partial charge >= 0.3 is 23.9 Å². The van der Waals surface area contributed by atoms with Crippen LogP contribution < -0.4 is 48.6 Å². The van der Waals surface area contributed by atoms with E-state index in [4.69, 9.17) is 49.5 Å². The predicted molar refractivity (Wildman–Crippen MR) is 336 cm³/mol. The first-order valence-corrected chi connectivity index (χ1v) is 31.2. The molecule has 0 spiro atoms. The summed E-state index contributed by atoms with van der Waals surface area (Å²) in [5.74, 6) is -1.60. The van der Waals surface area contributed by atoms with Crippen LogP contribution in [0.15, 0.2) is 53.3 Å². The van der Waals surface area contributed by atoms with Crippen LogP contribution in [0.1, 0.15) is 114 Å². The fraction of sp³-hybridized carbons (Fsp3) is 0.574. The van der Waals surface area contributed by atoms with Crippen molar-refractivity contribution in [3.63, 3.8) is 0 Å². The van der Waals surface area contributed by atoms with Crippen molar-refractivity contribution in [3.8, 4) is 6.01 Å². The van der Waals surface area contributed by atoms with Gasteiger partial charge in [0.25, 0.3) is 0 Å². The molecule has 7 rings (SSSR count). The topological polar surface area (TPSA) is 406 Å². The molecule has 0 radical (unpaired) electrons. The minimum absolute atomic E-state index is 0.0509. The van der Waals surface area contributed by atoms with Crippen LogP contribution in [0.5, 0.6) is 6.01 Å². The van der Waals surface area contributed by atoms with Crippen molar-refractivity contribution in [2.45, 2.75) is 142 Å². The van der Waals surface area contributed by atoms with Gasteiger partial charge in [-0.25, -0.2) is 14.4 Å². The molecule has 5 heterocycles. The average molecular weight is 1300 g/mol. The number of aromatic amines is 1. The van der Waals surface area contributed by atoms with E-state index in [9.17, 15) is 38.4 Å². The summed E-state index contributed by atoms with van der Waals surface area (Å²) in [6, 6.07) is 11.1. The molecule has 508 valence electrons. The third-order valence-corrected chi connectivity index (χ3v) is 14.7. The zero-order chi connectivity index (χ0) is 66.9. The SMILES string of the molecule is CCCCOc1nc(N)c2[nH]c(=O)n(Cc3ccc(CN4CCC(c5nnc6n5CCN(C(=O)OCc5ccc(NC(=O)[C@H](CC(N)=O)NC(=O)[C@H](C)NC(=O)[C@H](C)NC(=O)CCOCCOCCOCCOCCONC(=O)OC(C)(C)C)cc5)C6)CC4)cc3)c2n1. The van der Waals surface area contributed by atoms with Crippen LogP contribution in [-0.2, 0) is 90.0 Å². The number of amides is 7. The van der Waals surface area contributed by atoms with Gasteiger partial charge in [0.15, 0.2) is 17.3 Å². The second-order valence-corrected chi connectivity index (χ2v) is 23.4. The highest BCUT2D eigenvalue weighted by Gasteiger charge is 2.32. The number of hydrogen-bond acceptors (Lipinski definition) is 22. The van der Waals surface area contributed by atoms with Crippen LogP contribution >= 0.6 is 0 Å². The number of hydroxylamine groups is 1. The molecule has 0 aliphatic carbocycles. The number of H-pyrrole nitrogens is 1. The number of piperidine rings is 1. The second kappa shape index (κ2) is 35.8. The Morgan fingerprint density at radius 1 is 0.720 bits per heavy atom. The lowest BCUT2D eigenvalue weighted by molar-refractivity contribution is -0.133. The van der Waals surface area contributed by atoms with Crippen molar-refractivity contribution in [1.29, 1.82) is 0 Å². The number of primary amides is 1. The van der Waals surface area contributed by atoms with Gasteiger partial charge in [0, 0.05) is 37.7 Å². The van der Waals surface area contributed by atoms with Crippen molar-refractivity contribution in [1.82, 2.24) is 65.5 Å². The molecule has 2 aliphatic heterocycles. The smallest absolute Gasteiger partial charge is 0.431 e. The number of nitrogens with zero attached hydrogens (tertiary/aromatic N) is 8. The number of carbonyl (C=O) groups excluding carboxylic acids is 7. The van der Waals surface area contributed by atoms with Crippen LogP contribution in [0.3, 0.4) is 0 Å². The molecule has 3 atom stereocenters. The maximum atomic E-state index is 13.4. The Bertz CT molecular complexity index is 3330. The molecule has 93 heavy (non-hydrogen) atoms. The van der Waals surface area contributed by atoms with Gasteiger partial charge in [-0.2, -0.15) is 15.4 Å². The van der Waals surface area contributed by atoms with Crippen LogP contribution in [0, 0.1) is 0 Å². The normalized spacial score (nSPS) is 14.5. The van der Waals surface area contributed by atoms with E-state index in [1.807, 2.05) is 12.1 Å². The summed E-state index contributed by atoms with van der Waals surface area (Å²) in [6.07, 6.45) is 1.79. The van der Waals surface area contributed by atoms with Crippen LogP contribution in [0.4, 0.5) is 21.1 Å². The molecule has 1 saturated heterocycles. The highest BCUT2D eigenvalue weighted by Crippen LogP contribution is 2.30. The lowest BCUT2D eigenvalue weighted by atomic mass is 9.95. The van der Waals surface area contributed by atoms with E-state index >= 15 is 0 Å². The Morgan fingerprint density at radius 3 is 1.98 bits per heavy atom. The maximum absolute atomic E-state index is 13.4. The van der Waals surface area contributed by atoms with Crippen LogP contribution in [0.25, 0.3) is 11.2 Å². The van der Waals surface area contributed by atoms with Gasteiger partial charge in [0.05, 0.1) is 85.6 Å². The van der Waals surface area contributed by atoms with Crippen molar-refractivity contribution >= 4 is 64.4 Å². The Kier molecular flexibility index (Phi) is 27.6. The molecule has 7 amide bonds. The minimum Gasteiger partial charge on any atom is -0.463 e. The molecule has 32 nitrogen and oxygen atoms in total. The highest BCUT2D eigenvalue weighted by atomic mass is 16.7. The maximum Gasteiger partial charge on any atom is 0.431 e.